The summed E-state index contributed by atoms with van der Waals surface area (Å²) in [5, 5.41) is 4.73. The standard InChI is InChI=1S/C21H20ClN3O2/c1-11(2)23-10-13-5-6-14(16(22)9-13)20-24-18-15-8-12(3)4-7-17(15)27-19(18)21(26)25-20/h4-9,11,23H,10H2,1-3H3,(H,24,25,26). The maximum atomic E-state index is 12.5. The van der Waals surface area contributed by atoms with Crippen molar-refractivity contribution in [3.63, 3.8) is 0 Å². The van der Waals surface area contributed by atoms with Crippen LogP contribution in [0.15, 0.2) is 45.6 Å². The van der Waals surface area contributed by atoms with Crippen LogP contribution in [-0.2, 0) is 6.54 Å². The molecule has 0 radical (unpaired) electrons. The fourth-order valence-electron chi connectivity index (χ4n) is 3.08. The molecule has 0 aliphatic heterocycles. The quantitative estimate of drug-likeness (QED) is 0.532. The molecule has 0 fully saturated rings. The minimum Gasteiger partial charge on any atom is -0.449 e. The monoisotopic (exact) mass is 381 g/mol. The van der Waals surface area contributed by atoms with Gasteiger partial charge in [-0.1, -0.05) is 43.1 Å². The smallest absolute Gasteiger partial charge is 0.294 e. The van der Waals surface area contributed by atoms with Gasteiger partial charge in [-0.15, -0.1) is 0 Å². The third-order valence-corrected chi connectivity index (χ3v) is 4.79. The lowest BCUT2D eigenvalue weighted by atomic mass is 10.1. The second-order valence-corrected chi connectivity index (χ2v) is 7.45. The Hall–Kier alpha value is -2.63. The number of aryl methyl sites for hydroxylation is 1. The first-order valence-electron chi connectivity index (χ1n) is 8.88. The molecule has 4 rings (SSSR count). The van der Waals surface area contributed by atoms with Gasteiger partial charge in [-0.05, 0) is 36.8 Å². The first-order valence-corrected chi connectivity index (χ1v) is 9.25. The number of rotatable bonds is 4. The average molecular weight is 382 g/mol. The Kier molecular flexibility index (Phi) is 4.50. The number of H-pyrrole nitrogens is 1. The summed E-state index contributed by atoms with van der Waals surface area (Å²) in [7, 11) is 0. The van der Waals surface area contributed by atoms with E-state index in [1.54, 1.807) is 0 Å². The zero-order valence-corrected chi connectivity index (χ0v) is 16.1. The maximum Gasteiger partial charge on any atom is 0.294 e. The fourth-order valence-corrected chi connectivity index (χ4v) is 3.37. The van der Waals surface area contributed by atoms with Crippen molar-refractivity contribution < 1.29 is 4.42 Å². The molecule has 0 amide bonds. The second-order valence-electron chi connectivity index (χ2n) is 7.04. The summed E-state index contributed by atoms with van der Waals surface area (Å²) < 4.78 is 5.69. The lowest BCUT2D eigenvalue weighted by Gasteiger charge is -2.10. The molecule has 0 atom stereocenters. The minimum atomic E-state index is -0.314. The van der Waals surface area contributed by atoms with E-state index >= 15 is 0 Å². The Labute approximate surface area is 161 Å². The number of aromatic nitrogens is 2. The summed E-state index contributed by atoms with van der Waals surface area (Å²) in [6.07, 6.45) is 0. The molecule has 4 aromatic rings. The molecule has 0 saturated heterocycles. The van der Waals surface area contributed by atoms with Gasteiger partial charge in [0.15, 0.2) is 0 Å². The van der Waals surface area contributed by atoms with Crippen molar-refractivity contribution in [2.24, 2.45) is 0 Å². The van der Waals surface area contributed by atoms with Crippen LogP contribution in [0.1, 0.15) is 25.0 Å². The van der Waals surface area contributed by atoms with Crippen LogP contribution >= 0.6 is 11.6 Å². The number of nitrogens with one attached hydrogen (secondary N) is 2. The van der Waals surface area contributed by atoms with Crippen molar-refractivity contribution in [2.45, 2.75) is 33.4 Å². The molecule has 6 heteroatoms. The molecule has 0 aliphatic rings. The molecule has 0 bridgehead atoms. The van der Waals surface area contributed by atoms with Gasteiger partial charge in [-0.3, -0.25) is 4.79 Å². The molecule has 2 aromatic heterocycles. The molecule has 0 aliphatic carbocycles. The Bertz CT molecular complexity index is 1210. The summed E-state index contributed by atoms with van der Waals surface area (Å²) in [4.78, 5) is 20.0. The fraction of sp³-hybridized carbons (Fsp3) is 0.238. The van der Waals surface area contributed by atoms with E-state index in [9.17, 15) is 4.79 Å². The van der Waals surface area contributed by atoms with Crippen LogP contribution in [0.4, 0.5) is 0 Å². The third kappa shape index (κ3) is 3.36. The van der Waals surface area contributed by atoms with Crippen LogP contribution in [0.2, 0.25) is 5.02 Å². The van der Waals surface area contributed by atoms with E-state index in [-0.39, 0.29) is 11.1 Å². The Morgan fingerprint density at radius 1 is 1.22 bits per heavy atom. The highest BCUT2D eigenvalue weighted by Gasteiger charge is 2.15. The van der Waals surface area contributed by atoms with E-state index in [4.69, 9.17) is 16.0 Å². The zero-order chi connectivity index (χ0) is 19.1. The Balaban J connectivity index is 1.83. The average Bonchev–Trinajstić information content (AvgIpc) is 2.98. The highest BCUT2D eigenvalue weighted by molar-refractivity contribution is 6.33. The van der Waals surface area contributed by atoms with Gasteiger partial charge in [0.2, 0.25) is 5.58 Å². The summed E-state index contributed by atoms with van der Waals surface area (Å²) in [6, 6.07) is 11.9. The number of hydrogen-bond donors (Lipinski definition) is 2. The van der Waals surface area contributed by atoms with Crippen molar-refractivity contribution in [2.75, 3.05) is 0 Å². The van der Waals surface area contributed by atoms with Crippen molar-refractivity contribution >= 4 is 33.7 Å². The number of halogens is 1. The number of hydrogen-bond acceptors (Lipinski definition) is 4. The first-order chi connectivity index (χ1) is 12.9. The zero-order valence-electron chi connectivity index (χ0n) is 15.4. The topological polar surface area (TPSA) is 70.9 Å². The molecule has 2 heterocycles. The van der Waals surface area contributed by atoms with Gasteiger partial charge < -0.3 is 14.7 Å². The number of furan rings is 1. The third-order valence-electron chi connectivity index (χ3n) is 4.48. The van der Waals surface area contributed by atoms with Gasteiger partial charge in [-0.2, -0.15) is 0 Å². The lowest BCUT2D eigenvalue weighted by Crippen LogP contribution is -2.21. The summed E-state index contributed by atoms with van der Waals surface area (Å²) in [5.41, 5.74) is 3.95. The van der Waals surface area contributed by atoms with Gasteiger partial charge in [0.1, 0.15) is 16.9 Å². The summed E-state index contributed by atoms with van der Waals surface area (Å²) in [6.45, 7) is 6.91. The van der Waals surface area contributed by atoms with E-state index in [1.807, 2.05) is 43.3 Å². The predicted molar refractivity (Wildman–Crippen MR) is 109 cm³/mol. The molecule has 0 spiro atoms. The van der Waals surface area contributed by atoms with Crippen molar-refractivity contribution in [1.29, 1.82) is 0 Å². The van der Waals surface area contributed by atoms with Crippen LogP contribution in [0, 0.1) is 6.92 Å². The van der Waals surface area contributed by atoms with Gasteiger partial charge in [0.25, 0.3) is 5.56 Å². The molecule has 2 N–H and O–H groups in total. The van der Waals surface area contributed by atoms with Crippen LogP contribution in [-0.4, -0.2) is 16.0 Å². The number of benzene rings is 2. The molecular formula is C21H20ClN3O2. The molecule has 2 aromatic carbocycles. The molecule has 138 valence electrons. The molecule has 27 heavy (non-hydrogen) atoms. The van der Waals surface area contributed by atoms with Crippen LogP contribution in [0.5, 0.6) is 0 Å². The van der Waals surface area contributed by atoms with Crippen molar-refractivity contribution in [3.8, 4) is 11.4 Å². The van der Waals surface area contributed by atoms with E-state index < -0.39 is 0 Å². The Morgan fingerprint density at radius 3 is 2.78 bits per heavy atom. The van der Waals surface area contributed by atoms with Crippen molar-refractivity contribution in [1.82, 2.24) is 15.3 Å². The van der Waals surface area contributed by atoms with Crippen LogP contribution in [0.3, 0.4) is 0 Å². The van der Waals surface area contributed by atoms with Gasteiger partial charge in [0.05, 0.1) is 5.02 Å². The highest BCUT2D eigenvalue weighted by atomic mass is 35.5. The second kappa shape index (κ2) is 6.83. The van der Waals surface area contributed by atoms with Crippen LogP contribution < -0.4 is 10.9 Å². The van der Waals surface area contributed by atoms with E-state index in [1.165, 1.54) is 0 Å². The summed E-state index contributed by atoms with van der Waals surface area (Å²) in [5.74, 6) is 0.435. The Morgan fingerprint density at radius 2 is 2.04 bits per heavy atom. The number of aromatic amines is 1. The normalized spacial score (nSPS) is 11.7. The maximum absolute atomic E-state index is 12.5. The van der Waals surface area contributed by atoms with Gasteiger partial charge in [0, 0.05) is 23.5 Å². The van der Waals surface area contributed by atoms with Crippen molar-refractivity contribution in [3.05, 3.63) is 62.9 Å². The largest absolute Gasteiger partial charge is 0.449 e. The predicted octanol–water partition coefficient (Wildman–Crippen LogP) is 4.80. The molecule has 5 nitrogen and oxygen atoms in total. The number of nitrogens with zero attached hydrogens (tertiary/aromatic N) is 1. The molecule has 0 unspecified atom stereocenters. The molecular weight excluding hydrogens is 362 g/mol. The van der Waals surface area contributed by atoms with Crippen LogP contribution in [0.25, 0.3) is 33.5 Å². The van der Waals surface area contributed by atoms with E-state index in [2.05, 4.69) is 29.1 Å². The minimum absolute atomic E-state index is 0.230. The van der Waals surface area contributed by atoms with E-state index in [0.717, 1.165) is 23.1 Å². The first kappa shape index (κ1) is 17.8. The molecule has 0 saturated carbocycles. The van der Waals surface area contributed by atoms with Gasteiger partial charge in [-0.25, -0.2) is 4.98 Å². The van der Waals surface area contributed by atoms with Gasteiger partial charge >= 0.3 is 0 Å². The summed E-state index contributed by atoms with van der Waals surface area (Å²) >= 11 is 6.49. The SMILES string of the molecule is Cc1ccc2oc3c(=O)[nH]c(-c4ccc(CNC(C)C)cc4Cl)nc3c2c1. The highest BCUT2D eigenvalue weighted by Crippen LogP contribution is 2.30. The van der Waals surface area contributed by atoms with E-state index in [0.29, 0.717) is 33.6 Å². The lowest BCUT2D eigenvalue weighted by molar-refractivity contribution is 0.589. The number of fused-ring (bicyclic) bond motifs is 3.